The number of aromatic carboxylic acids is 3. The Bertz CT molecular complexity index is 1400. The largest absolute Gasteiger partial charge is 0.478 e. The maximum absolute atomic E-state index is 12.9. The second-order valence-corrected chi connectivity index (χ2v) is 7.33. The Morgan fingerprint density at radius 2 is 1.53 bits per heavy atom. The predicted octanol–water partition coefficient (Wildman–Crippen LogP) is 3.85. The van der Waals surface area contributed by atoms with E-state index in [1.54, 1.807) is 19.1 Å². The molecule has 170 valence electrons. The summed E-state index contributed by atoms with van der Waals surface area (Å²) in [6, 6.07) is 12.5. The smallest absolute Gasteiger partial charge is 0.335 e. The summed E-state index contributed by atoms with van der Waals surface area (Å²) in [5, 5.41) is 33.0. The summed E-state index contributed by atoms with van der Waals surface area (Å²) >= 11 is 0. The van der Waals surface area contributed by atoms with Crippen LogP contribution in [0.3, 0.4) is 0 Å². The van der Waals surface area contributed by atoms with E-state index in [-0.39, 0.29) is 39.3 Å². The Hall–Kier alpha value is -4.99. The number of benzene rings is 2. The normalized spacial score (nSPS) is 14.4. The van der Waals surface area contributed by atoms with Crippen molar-refractivity contribution in [3.8, 4) is 11.3 Å². The van der Waals surface area contributed by atoms with Crippen LogP contribution in [-0.2, 0) is 4.79 Å². The quantitative estimate of drug-likeness (QED) is 0.468. The molecule has 4 rings (SSSR count). The molecule has 2 aromatic carbocycles. The zero-order valence-electron chi connectivity index (χ0n) is 17.6. The fourth-order valence-electron chi connectivity index (χ4n) is 3.37. The van der Waals surface area contributed by atoms with E-state index in [1.807, 2.05) is 0 Å². The van der Waals surface area contributed by atoms with Gasteiger partial charge in [-0.25, -0.2) is 14.4 Å². The van der Waals surface area contributed by atoms with E-state index in [0.717, 1.165) is 11.1 Å². The third kappa shape index (κ3) is 4.19. The van der Waals surface area contributed by atoms with Crippen LogP contribution < -0.4 is 5.01 Å². The Morgan fingerprint density at radius 3 is 2.15 bits per heavy atom. The number of carboxylic acids is 3. The van der Waals surface area contributed by atoms with E-state index in [1.165, 1.54) is 42.5 Å². The molecule has 0 saturated heterocycles. The molecule has 0 unspecified atom stereocenters. The van der Waals surface area contributed by atoms with Crippen LogP contribution >= 0.6 is 0 Å². The Morgan fingerprint density at radius 1 is 0.882 bits per heavy atom. The fourth-order valence-corrected chi connectivity index (χ4v) is 3.37. The molecule has 2 heterocycles. The summed E-state index contributed by atoms with van der Waals surface area (Å²) in [5.74, 6) is -3.72. The van der Waals surface area contributed by atoms with Gasteiger partial charge in [0.25, 0.3) is 5.91 Å². The first-order valence-corrected chi connectivity index (χ1v) is 9.81. The summed E-state index contributed by atoms with van der Waals surface area (Å²) in [7, 11) is 0. The molecule has 0 fully saturated rings. The molecule has 1 amide bonds. The molecule has 1 aromatic heterocycles. The average Bonchev–Trinajstić information content (AvgIpc) is 3.39. The van der Waals surface area contributed by atoms with Gasteiger partial charge in [-0.3, -0.25) is 4.79 Å². The Labute approximate surface area is 191 Å². The molecule has 10 nitrogen and oxygen atoms in total. The van der Waals surface area contributed by atoms with Crippen molar-refractivity contribution in [3.05, 3.63) is 82.6 Å². The third-order valence-electron chi connectivity index (χ3n) is 5.03. The van der Waals surface area contributed by atoms with Crippen LogP contribution in [0.4, 0.5) is 5.69 Å². The number of hydrogen-bond acceptors (Lipinski definition) is 6. The first-order chi connectivity index (χ1) is 16.1. The molecule has 0 aliphatic carbocycles. The SMILES string of the molecule is CC1=NN(c2cccc(C(=O)O)c2)C(=O)/C1=C\c1ccc(-c2cc(C(=O)O)cc(C(=O)O)c2)o1. The number of carboxylic acid groups (broad SMARTS) is 3. The van der Waals surface area contributed by atoms with Crippen molar-refractivity contribution < 1.29 is 38.9 Å². The first-order valence-electron chi connectivity index (χ1n) is 9.81. The van der Waals surface area contributed by atoms with E-state index in [2.05, 4.69) is 5.10 Å². The van der Waals surface area contributed by atoms with Gasteiger partial charge in [-0.1, -0.05) is 6.07 Å². The molecule has 3 aromatic rings. The number of anilines is 1. The highest BCUT2D eigenvalue weighted by molar-refractivity contribution is 6.32. The van der Waals surface area contributed by atoms with Gasteiger partial charge < -0.3 is 19.7 Å². The van der Waals surface area contributed by atoms with Gasteiger partial charge in [-0.05, 0) is 61.5 Å². The molecule has 1 aliphatic heterocycles. The number of hydrogen-bond donors (Lipinski definition) is 3. The lowest BCUT2D eigenvalue weighted by Gasteiger charge is -2.12. The van der Waals surface area contributed by atoms with E-state index in [0.29, 0.717) is 11.4 Å². The summed E-state index contributed by atoms with van der Waals surface area (Å²) < 4.78 is 5.72. The molecule has 3 N–H and O–H groups in total. The molecule has 0 radical (unpaired) electrons. The molecule has 0 atom stereocenters. The lowest BCUT2D eigenvalue weighted by Crippen LogP contribution is -2.21. The maximum atomic E-state index is 12.9. The molecule has 1 aliphatic rings. The second-order valence-electron chi connectivity index (χ2n) is 7.33. The number of hydrazone groups is 1. The fraction of sp³-hybridized carbons (Fsp3) is 0.0417. The summed E-state index contributed by atoms with van der Waals surface area (Å²) in [6.07, 6.45) is 1.45. The summed E-state index contributed by atoms with van der Waals surface area (Å²) in [4.78, 5) is 46.9. The number of rotatable bonds is 6. The van der Waals surface area contributed by atoms with Crippen molar-refractivity contribution in [1.82, 2.24) is 0 Å². The molecule has 34 heavy (non-hydrogen) atoms. The average molecular weight is 460 g/mol. The van der Waals surface area contributed by atoms with Crippen LogP contribution in [0.2, 0.25) is 0 Å². The number of amides is 1. The lowest BCUT2D eigenvalue weighted by atomic mass is 10.0. The third-order valence-corrected chi connectivity index (χ3v) is 5.03. The van der Waals surface area contributed by atoms with Gasteiger partial charge in [-0.2, -0.15) is 10.1 Å². The zero-order valence-corrected chi connectivity index (χ0v) is 17.6. The van der Waals surface area contributed by atoms with Gasteiger partial charge in [0.2, 0.25) is 0 Å². The van der Waals surface area contributed by atoms with Crippen LogP contribution in [0.5, 0.6) is 0 Å². The van der Waals surface area contributed by atoms with Crippen molar-refractivity contribution in [2.24, 2.45) is 5.10 Å². The van der Waals surface area contributed by atoms with Crippen molar-refractivity contribution in [2.75, 3.05) is 5.01 Å². The molecular weight excluding hydrogens is 444 g/mol. The van der Waals surface area contributed by atoms with E-state index < -0.39 is 23.8 Å². The van der Waals surface area contributed by atoms with Crippen molar-refractivity contribution in [2.45, 2.75) is 6.92 Å². The predicted molar refractivity (Wildman–Crippen MR) is 120 cm³/mol. The Balaban J connectivity index is 1.66. The van der Waals surface area contributed by atoms with Gasteiger partial charge in [-0.15, -0.1) is 0 Å². The van der Waals surface area contributed by atoms with Gasteiger partial charge in [0, 0.05) is 5.56 Å². The van der Waals surface area contributed by atoms with Crippen molar-refractivity contribution in [3.63, 3.8) is 0 Å². The van der Waals surface area contributed by atoms with Crippen LogP contribution in [0.1, 0.15) is 43.8 Å². The van der Waals surface area contributed by atoms with Crippen molar-refractivity contribution in [1.29, 1.82) is 0 Å². The minimum atomic E-state index is -1.28. The van der Waals surface area contributed by atoms with Crippen LogP contribution in [-0.4, -0.2) is 44.8 Å². The minimum absolute atomic E-state index is 0.00980. The monoisotopic (exact) mass is 460 g/mol. The molecule has 10 heteroatoms. The van der Waals surface area contributed by atoms with E-state index >= 15 is 0 Å². The standard InChI is InChI=1S/C24H16N2O8/c1-12-19(21(27)26(25-12)17-4-2-3-13(10-17)22(28)29)11-18-5-6-20(34-18)14-7-15(23(30)31)9-16(8-14)24(32)33/h2-11H,1H3,(H,28,29)(H,30,31)(H,32,33)/b19-11-. The van der Waals surface area contributed by atoms with Gasteiger partial charge in [0.05, 0.1) is 33.7 Å². The molecule has 0 bridgehead atoms. The number of nitrogens with zero attached hydrogens (tertiary/aromatic N) is 2. The number of furan rings is 1. The first kappa shape index (κ1) is 22.2. The van der Waals surface area contributed by atoms with Gasteiger partial charge in [0.1, 0.15) is 11.5 Å². The Kier molecular flexibility index (Phi) is 5.56. The summed E-state index contributed by atoms with van der Waals surface area (Å²) in [5.41, 5.74) is 0.725. The zero-order chi connectivity index (χ0) is 24.6. The van der Waals surface area contributed by atoms with E-state index in [4.69, 9.17) is 4.42 Å². The van der Waals surface area contributed by atoms with Gasteiger partial charge in [0.15, 0.2) is 0 Å². The highest BCUT2D eigenvalue weighted by Gasteiger charge is 2.29. The topological polar surface area (TPSA) is 158 Å². The molecule has 0 spiro atoms. The van der Waals surface area contributed by atoms with Crippen LogP contribution in [0.25, 0.3) is 17.4 Å². The lowest BCUT2D eigenvalue weighted by molar-refractivity contribution is -0.114. The molecule has 0 saturated carbocycles. The number of carbonyl (C=O) groups is 4. The second kappa shape index (κ2) is 8.51. The minimum Gasteiger partial charge on any atom is -0.478 e. The maximum Gasteiger partial charge on any atom is 0.335 e. The summed E-state index contributed by atoms with van der Waals surface area (Å²) in [6.45, 7) is 1.62. The number of carbonyl (C=O) groups excluding carboxylic acids is 1. The highest BCUT2D eigenvalue weighted by Crippen LogP contribution is 2.29. The highest BCUT2D eigenvalue weighted by atomic mass is 16.4. The van der Waals surface area contributed by atoms with Crippen molar-refractivity contribution >= 4 is 41.3 Å². The van der Waals surface area contributed by atoms with Crippen LogP contribution in [0.15, 0.2) is 69.7 Å². The van der Waals surface area contributed by atoms with E-state index in [9.17, 15) is 34.5 Å². The molecular formula is C24H16N2O8. The van der Waals surface area contributed by atoms with Gasteiger partial charge >= 0.3 is 17.9 Å². The van der Waals surface area contributed by atoms with Crippen LogP contribution in [0, 0.1) is 0 Å².